The van der Waals surface area contributed by atoms with Crippen molar-refractivity contribution >= 4 is 38.7 Å². The van der Waals surface area contributed by atoms with Crippen LogP contribution in [0.15, 0.2) is 33.7 Å². The van der Waals surface area contributed by atoms with Gasteiger partial charge in [-0.2, -0.15) is 0 Å². The second-order valence-corrected chi connectivity index (χ2v) is 6.09. The first-order valence-electron chi connectivity index (χ1n) is 7.48. The molecule has 0 saturated carbocycles. The highest BCUT2D eigenvalue weighted by Crippen LogP contribution is 2.21. The Morgan fingerprint density at radius 3 is 3.00 bits per heavy atom. The van der Waals surface area contributed by atoms with Gasteiger partial charge in [0.15, 0.2) is 6.10 Å². The van der Waals surface area contributed by atoms with E-state index in [9.17, 15) is 14.4 Å². The van der Waals surface area contributed by atoms with Gasteiger partial charge in [-0.25, -0.2) is 9.86 Å². The van der Waals surface area contributed by atoms with Crippen molar-refractivity contribution in [3.05, 3.63) is 44.7 Å². The van der Waals surface area contributed by atoms with Crippen LogP contribution in [-0.2, 0) is 14.4 Å². The van der Waals surface area contributed by atoms with Gasteiger partial charge in [0.2, 0.25) is 5.43 Å². The fraction of sp³-hybridized carbons (Fsp3) is 0.312. The monoisotopic (exact) mass is 394 g/mol. The molecule has 126 valence electrons. The summed E-state index contributed by atoms with van der Waals surface area (Å²) < 4.78 is 5.61. The summed E-state index contributed by atoms with van der Waals surface area (Å²) in [5.74, 6) is -1.09. The van der Waals surface area contributed by atoms with E-state index in [0.717, 1.165) is 9.54 Å². The summed E-state index contributed by atoms with van der Waals surface area (Å²) in [4.78, 5) is 45.0. The van der Waals surface area contributed by atoms with Gasteiger partial charge >= 0.3 is 5.97 Å². The molecule has 0 spiro atoms. The van der Waals surface area contributed by atoms with Gasteiger partial charge in [-0.15, -0.1) is 0 Å². The lowest BCUT2D eigenvalue weighted by Crippen LogP contribution is -2.33. The van der Waals surface area contributed by atoms with Crippen molar-refractivity contribution < 1.29 is 19.2 Å². The lowest BCUT2D eigenvalue weighted by atomic mass is 10.1. The number of para-hydroxylation sites is 1. The van der Waals surface area contributed by atoms with Crippen LogP contribution < -0.4 is 5.43 Å². The normalized spacial score (nSPS) is 17.2. The minimum Gasteiger partial charge on any atom is -0.464 e. The van der Waals surface area contributed by atoms with Crippen LogP contribution in [0.4, 0.5) is 0 Å². The second kappa shape index (κ2) is 6.74. The van der Waals surface area contributed by atoms with Crippen LogP contribution in [0.5, 0.6) is 0 Å². The van der Waals surface area contributed by atoms with Crippen LogP contribution in [0.25, 0.3) is 10.9 Å². The molecular weight excluding hydrogens is 380 g/mol. The summed E-state index contributed by atoms with van der Waals surface area (Å²) in [6.07, 6.45) is 0.878. The molecule has 3 rings (SSSR count). The number of fused-ring (bicyclic) bond motifs is 1. The van der Waals surface area contributed by atoms with Crippen molar-refractivity contribution in [2.45, 2.75) is 19.4 Å². The number of nitrogens with zero attached hydrogens (tertiary/aromatic N) is 1. The fourth-order valence-electron chi connectivity index (χ4n) is 2.55. The van der Waals surface area contributed by atoms with E-state index in [1.807, 2.05) is 0 Å². The van der Waals surface area contributed by atoms with Crippen LogP contribution in [-0.4, -0.2) is 41.2 Å². The number of esters is 1. The topological polar surface area (TPSA) is 88.7 Å². The highest BCUT2D eigenvalue weighted by Gasteiger charge is 2.35. The molecule has 1 aromatic carbocycles. The van der Waals surface area contributed by atoms with E-state index in [2.05, 4.69) is 20.9 Å². The highest BCUT2D eigenvalue weighted by molar-refractivity contribution is 9.10. The molecule has 7 nitrogen and oxygen atoms in total. The minimum atomic E-state index is -0.817. The van der Waals surface area contributed by atoms with Crippen molar-refractivity contribution in [1.29, 1.82) is 0 Å². The molecule has 1 aliphatic heterocycles. The zero-order valence-corrected chi connectivity index (χ0v) is 14.5. The summed E-state index contributed by atoms with van der Waals surface area (Å²) in [6, 6.07) is 5.16. The number of benzene rings is 1. The first-order chi connectivity index (χ1) is 11.5. The third kappa shape index (κ3) is 2.94. The highest BCUT2D eigenvalue weighted by atomic mass is 79.9. The summed E-state index contributed by atoms with van der Waals surface area (Å²) in [7, 11) is 0. The number of H-pyrrole nitrogens is 1. The predicted octanol–water partition coefficient (Wildman–Crippen LogP) is 2.00. The molecule has 1 saturated heterocycles. The van der Waals surface area contributed by atoms with E-state index in [1.165, 1.54) is 6.20 Å². The molecule has 1 atom stereocenters. The molecule has 1 aliphatic rings. The molecule has 8 heteroatoms. The third-order valence-corrected chi connectivity index (χ3v) is 4.38. The largest absolute Gasteiger partial charge is 0.464 e. The summed E-state index contributed by atoms with van der Waals surface area (Å²) in [6.45, 7) is 2.16. The Morgan fingerprint density at radius 2 is 2.25 bits per heavy atom. The zero-order valence-electron chi connectivity index (χ0n) is 12.9. The fourth-order valence-corrected chi connectivity index (χ4v) is 3.03. The first kappa shape index (κ1) is 16.7. The van der Waals surface area contributed by atoms with Crippen molar-refractivity contribution in [3.8, 4) is 0 Å². The molecule has 0 aliphatic carbocycles. The Balaban J connectivity index is 1.86. The summed E-state index contributed by atoms with van der Waals surface area (Å²) in [5, 5.41) is 1.44. The number of amides is 1. The number of nitrogens with one attached hydrogen (secondary N) is 1. The number of carbonyl (C=O) groups excluding carboxylic acids is 2. The zero-order chi connectivity index (χ0) is 17.3. The van der Waals surface area contributed by atoms with E-state index in [4.69, 9.17) is 9.57 Å². The number of rotatable bonds is 3. The molecular formula is C16H15BrN2O5. The lowest BCUT2D eigenvalue weighted by molar-refractivity contribution is -0.171. The van der Waals surface area contributed by atoms with Crippen molar-refractivity contribution in [2.24, 2.45) is 0 Å². The van der Waals surface area contributed by atoms with E-state index < -0.39 is 23.4 Å². The SMILES string of the molecule is CCOC(=O)C1CCN(C(=O)c2c[nH]c3c(Br)cccc3c2=O)O1. The number of hydrogen-bond donors (Lipinski definition) is 1. The number of halogens is 1. The number of aromatic amines is 1. The Hall–Kier alpha value is -2.19. The standard InChI is InChI=1S/C16H15BrN2O5/c1-2-23-16(22)12-6-7-19(24-12)15(21)10-8-18-13-9(14(10)20)4-3-5-11(13)17/h3-5,8,12H,2,6-7H2,1H3,(H,18,20). The molecule has 2 aromatic rings. The maximum Gasteiger partial charge on any atom is 0.338 e. The second-order valence-electron chi connectivity index (χ2n) is 5.24. The van der Waals surface area contributed by atoms with Crippen LogP contribution in [0.1, 0.15) is 23.7 Å². The van der Waals surface area contributed by atoms with Crippen LogP contribution >= 0.6 is 15.9 Å². The van der Waals surface area contributed by atoms with Gasteiger partial charge in [0.1, 0.15) is 5.56 Å². The van der Waals surface area contributed by atoms with Crippen LogP contribution in [0.2, 0.25) is 0 Å². The van der Waals surface area contributed by atoms with Crippen molar-refractivity contribution in [3.63, 3.8) is 0 Å². The number of carbonyl (C=O) groups is 2. The molecule has 1 fully saturated rings. The quantitative estimate of drug-likeness (QED) is 0.804. The molecule has 0 bridgehead atoms. The number of hydroxylamine groups is 2. The third-order valence-electron chi connectivity index (χ3n) is 3.72. The number of aromatic nitrogens is 1. The molecule has 2 heterocycles. The Bertz CT molecular complexity index is 863. The molecule has 1 N–H and O–H groups in total. The van der Waals surface area contributed by atoms with E-state index in [1.54, 1.807) is 25.1 Å². The predicted molar refractivity (Wildman–Crippen MR) is 89.4 cm³/mol. The molecule has 0 radical (unpaired) electrons. The van der Waals surface area contributed by atoms with Gasteiger partial charge in [0.05, 0.1) is 18.7 Å². The van der Waals surface area contributed by atoms with Crippen molar-refractivity contribution in [1.82, 2.24) is 10.0 Å². The summed E-state index contributed by atoms with van der Waals surface area (Å²) >= 11 is 3.36. The Labute approximate surface area is 145 Å². The van der Waals surface area contributed by atoms with Gasteiger partial charge in [-0.1, -0.05) is 6.07 Å². The van der Waals surface area contributed by atoms with Gasteiger partial charge in [0, 0.05) is 22.5 Å². The molecule has 1 unspecified atom stereocenters. The average Bonchev–Trinajstić information content (AvgIpc) is 3.06. The van der Waals surface area contributed by atoms with Crippen LogP contribution in [0, 0.1) is 0 Å². The van der Waals surface area contributed by atoms with Gasteiger partial charge in [-0.05, 0) is 35.0 Å². The van der Waals surface area contributed by atoms with Crippen molar-refractivity contribution in [2.75, 3.05) is 13.2 Å². The minimum absolute atomic E-state index is 0.0369. The van der Waals surface area contributed by atoms with E-state index in [-0.39, 0.29) is 18.7 Å². The average molecular weight is 395 g/mol. The lowest BCUT2D eigenvalue weighted by Gasteiger charge is -2.15. The summed E-state index contributed by atoms with van der Waals surface area (Å²) in [5.41, 5.74) is 0.189. The molecule has 1 amide bonds. The van der Waals surface area contributed by atoms with E-state index >= 15 is 0 Å². The van der Waals surface area contributed by atoms with Crippen LogP contribution in [0.3, 0.4) is 0 Å². The maximum absolute atomic E-state index is 12.6. The van der Waals surface area contributed by atoms with E-state index in [0.29, 0.717) is 17.3 Å². The Morgan fingerprint density at radius 1 is 1.46 bits per heavy atom. The molecule has 24 heavy (non-hydrogen) atoms. The number of ether oxygens (including phenoxy) is 1. The Kier molecular flexibility index (Phi) is 4.68. The van der Waals surface area contributed by atoms with Gasteiger partial charge < -0.3 is 9.72 Å². The molecule has 1 aromatic heterocycles. The number of pyridine rings is 1. The number of hydrogen-bond acceptors (Lipinski definition) is 5. The first-order valence-corrected chi connectivity index (χ1v) is 8.27. The van der Waals surface area contributed by atoms with Gasteiger partial charge in [0.25, 0.3) is 5.91 Å². The van der Waals surface area contributed by atoms with Gasteiger partial charge in [-0.3, -0.25) is 14.4 Å². The smallest absolute Gasteiger partial charge is 0.338 e. The maximum atomic E-state index is 12.6.